The summed E-state index contributed by atoms with van der Waals surface area (Å²) in [6, 6.07) is 5.03. The van der Waals surface area contributed by atoms with Gasteiger partial charge < -0.3 is 10.2 Å². The number of carbonyl (C=O) groups excluding carboxylic acids is 1. The van der Waals surface area contributed by atoms with Gasteiger partial charge in [-0.1, -0.05) is 12.1 Å². The molecule has 0 radical (unpaired) electrons. The van der Waals surface area contributed by atoms with Gasteiger partial charge in [-0.3, -0.25) is 4.79 Å². The molecule has 0 saturated carbocycles. The first kappa shape index (κ1) is 11.2. The summed E-state index contributed by atoms with van der Waals surface area (Å²) in [7, 11) is 0. The number of nitrogens with one attached hydrogen (secondary N) is 1. The lowest BCUT2D eigenvalue weighted by atomic mass is 10.1. The van der Waals surface area contributed by atoms with E-state index >= 15 is 0 Å². The van der Waals surface area contributed by atoms with Gasteiger partial charge in [0.15, 0.2) is 0 Å². The Morgan fingerprint density at radius 2 is 2.33 bits per heavy atom. The minimum absolute atomic E-state index is 0.174. The Kier molecular flexibility index (Phi) is 3.82. The lowest BCUT2D eigenvalue weighted by molar-refractivity contribution is -0.123. The SMILES string of the molecule is Cc1ccc(/C=N/NC(=O)CO)cc1O. The van der Waals surface area contributed by atoms with Gasteiger partial charge in [-0.25, -0.2) is 5.43 Å². The van der Waals surface area contributed by atoms with Gasteiger partial charge in [-0.15, -0.1) is 0 Å². The maximum absolute atomic E-state index is 10.6. The molecule has 15 heavy (non-hydrogen) atoms. The molecule has 0 aromatic heterocycles. The minimum Gasteiger partial charge on any atom is -0.508 e. The van der Waals surface area contributed by atoms with E-state index in [-0.39, 0.29) is 5.75 Å². The largest absolute Gasteiger partial charge is 0.508 e. The van der Waals surface area contributed by atoms with E-state index in [1.54, 1.807) is 19.1 Å². The Balaban J connectivity index is 2.65. The zero-order chi connectivity index (χ0) is 11.3. The smallest absolute Gasteiger partial charge is 0.265 e. The number of aliphatic hydroxyl groups excluding tert-OH is 1. The van der Waals surface area contributed by atoms with Crippen LogP contribution >= 0.6 is 0 Å². The van der Waals surface area contributed by atoms with Crippen molar-refractivity contribution in [3.8, 4) is 5.75 Å². The summed E-state index contributed by atoms with van der Waals surface area (Å²) in [5.41, 5.74) is 3.55. The molecule has 80 valence electrons. The van der Waals surface area contributed by atoms with Gasteiger partial charge in [-0.05, 0) is 24.1 Å². The number of aliphatic hydroxyl groups is 1. The highest BCUT2D eigenvalue weighted by Gasteiger charge is 1.96. The van der Waals surface area contributed by atoms with Crippen molar-refractivity contribution in [3.63, 3.8) is 0 Å². The van der Waals surface area contributed by atoms with Crippen LogP contribution in [-0.2, 0) is 4.79 Å². The monoisotopic (exact) mass is 208 g/mol. The second-order valence-electron chi connectivity index (χ2n) is 3.00. The van der Waals surface area contributed by atoms with E-state index in [2.05, 4.69) is 10.5 Å². The molecule has 5 heteroatoms. The van der Waals surface area contributed by atoms with Crippen LogP contribution < -0.4 is 5.43 Å². The van der Waals surface area contributed by atoms with Gasteiger partial charge in [0, 0.05) is 0 Å². The number of phenols is 1. The molecule has 0 heterocycles. The standard InChI is InChI=1S/C10H12N2O3/c1-7-2-3-8(4-9(7)14)5-11-12-10(15)6-13/h2-5,13-14H,6H2,1H3,(H,12,15)/b11-5+. The highest BCUT2D eigenvalue weighted by Crippen LogP contribution is 2.15. The van der Waals surface area contributed by atoms with Crippen LogP contribution in [0.4, 0.5) is 0 Å². The third-order valence-electron chi connectivity index (χ3n) is 1.78. The first-order valence-electron chi connectivity index (χ1n) is 4.36. The van der Waals surface area contributed by atoms with Crippen LogP contribution in [0.25, 0.3) is 0 Å². The molecule has 0 saturated heterocycles. The van der Waals surface area contributed by atoms with Crippen LogP contribution in [0, 0.1) is 6.92 Å². The fourth-order valence-electron chi connectivity index (χ4n) is 0.921. The molecule has 3 N–H and O–H groups in total. The predicted molar refractivity (Wildman–Crippen MR) is 55.7 cm³/mol. The van der Waals surface area contributed by atoms with Crippen molar-refractivity contribution >= 4 is 12.1 Å². The van der Waals surface area contributed by atoms with Gasteiger partial charge in [0.2, 0.25) is 0 Å². The molecule has 0 unspecified atom stereocenters. The van der Waals surface area contributed by atoms with Gasteiger partial charge in [0.05, 0.1) is 6.21 Å². The highest BCUT2D eigenvalue weighted by atomic mass is 16.3. The molecule has 0 aliphatic rings. The van der Waals surface area contributed by atoms with Gasteiger partial charge in [0.1, 0.15) is 12.4 Å². The van der Waals surface area contributed by atoms with E-state index in [1.807, 2.05) is 0 Å². The number of benzene rings is 1. The van der Waals surface area contributed by atoms with E-state index in [4.69, 9.17) is 5.11 Å². The summed E-state index contributed by atoms with van der Waals surface area (Å²) in [4.78, 5) is 10.6. The van der Waals surface area contributed by atoms with Crippen LogP contribution in [0.3, 0.4) is 0 Å². The highest BCUT2D eigenvalue weighted by molar-refractivity contribution is 5.83. The fraction of sp³-hybridized carbons (Fsp3) is 0.200. The summed E-state index contributed by atoms with van der Waals surface area (Å²) in [5, 5.41) is 21.3. The molecular formula is C10H12N2O3. The number of phenolic OH excluding ortho intramolecular Hbond substituents is 1. The van der Waals surface area contributed by atoms with E-state index in [1.165, 1.54) is 12.3 Å². The Morgan fingerprint density at radius 3 is 2.93 bits per heavy atom. The number of aromatic hydroxyl groups is 1. The number of aryl methyl sites for hydroxylation is 1. The van der Waals surface area contributed by atoms with Crippen molar-refractivity contribution in [1.82, 2.24) is 5.43 Å². The molecule has 0 atom stereocenters. The molecule has 1 amide bonds. The molecule has 1 aromatic rings. The summed E-state index contributed by atoms with van der Waals surface area (Å²) in [6.07, 6.45) is 1.38. The molecule has 0 fully saturated rings. The zero-order valence-corrected chi connectivity index (χ0v) is 8.27. The summed E-state index contributed by atoms with van der Waals surface area (Å²) >= 11 is 0. The topological polar surface area (TPSA) is 81.9 Å². The van der Waals surface area contributed by atoms with Crippen molar-refractivity contribution < 1.29 is 15.0 Å². The molecule has 0 spiro atoms. The van der Waals surface area contributed by atoms with Crippen molar-refractivity contribution in [2.45, 2.75) is 6.92 Å². The summed E-state index contributed by atoms with van der Waals surface area (Å²) < 4.78 is 0. The van der Waals surface area contributed by atoms with Crippen molar-refractivity contribution in [3.05, 3.63) is 29.3 Å². The van der Waals surface area contributed by atoms with Gasteiger partial charge in [-0.2, -0.15) is 5.10 Å². The fourth-order valence-corrected chi connectivity index (χ4v) is 0.921. The van der Waals surface area contributed by atoms with Crippen molar-refractivity contribution in [1.29, 1.82) is 0 Å². The summed E-state index contributed by atoms with van der Waals surface area (Å²) in [5.74, 6) is -0.407. The molecule has 0 aliphatic carbocycles. The van der Waals surface area contributed by atoms with Crippen molar-refractivity contribution in [2.24, 2.45) is 5.10 Å². The van der Waals surface area contributed by atoms with Crippen LogP contribution in [0.1, 0.15) is 11.1 Å². The average molecular weight is 208 g/mol. The molecule has 1 rings (SSSR count). The third kappa shape index (κ3) is 3.40. The molecular weight excluding hydrogens is 196 g/mol. The van der Waals surface area contributed by atoms with E-state index in [0.717, 1.165) is 5.56 Å². The Morgan fingerprint density at radius 1 is 1.60 bits per heavy atom. The number of amides is 1. The second kappa shape index (κ2) is 5.11. The zero-order valence-electron chi connectivity index (χ0n) is 8.27. The molecule has 1 aromatic carbocycles. The third-order valence-corrected chi connectivity index (χ3v) is 1.78. The minimum atomic E-state index is -0.601. The number of hydrogen-bond donors (Lipinski definition) is 3. The van der Waals surface area contributed by atoms with Crippen LogP contribution in [0.2, 0.25) is 0 Å². The van der Waals surface area contributed by atoms with Crippen LogP contribution in [0.15, 0.2) is 23.3 Å². The van der Waals surface area contributed by atoms with Crippen LogP contribution in [-0.4, -0.2) is 28.9 Å². The van der Waals surface area contributed by atoms with E-state index in [0.29, 0.717) is 5.56 Å². The molecule has 0 aliphatic heterocycles. The lowest BCUT2D eigenvalue weighted by Crippen LogP contribution is -2.20. The lowest BCUT2D eigenvalue weighted by Gasteiger charge is -1.99. The van der Waals surface area contributed by atoms with E-state index < -0.39 is 12.5 Å². The number of nitrogens with zero attached hydrogens (tertiary/aromatic N) is 1. The van der Waals surface area contributed by atoms with Crippen LogP contribution in [0.5, 0.6) is 5.75 Å². The number of hydrazone groups is 1. The number of rotatable bonds is 3. The Labute approximate surface area is 87.1 Å². The second-order valence-corrected chi connectivity index (χ2v) is 3.00. The maximum Gasteiger partial charge on any atom is 0.265 e. The van der Waals surface area contributed by atoms with E-state index in [9.17, 15) is 9.90 Å². The summed E-state index contributed by atoms with van der Waals surface area (Å²) in [6.45, 7) is 1.18. The number of hydrogen-bond acceptors (Lipinski definition) is 4. The maximum atomic E-state index is 10.6. The van der Waals surface area contributed by atoms with Gasteiger partial charge >= 0.3 is 0 Å². The van der Waals surface area contributed by atoms with Crippen molar-refractivity contribution in [2.75, 3.05) is 6.61 Å². The quantitative estimate of drug-likeness (QED) is 0.488. The Bertz CT molecular complexity index is 388. The van der Waals surface area contributed by atoms with Gasteiger partial charge in [0.25, 0.3) is 5.91 Å². The molecule has 0 bridgehead atoms. The first-order valence-corrected chi connectivity index (χ1v) is 4.36. The average Bonchev–Trinajstić information content (AvgIpc) is 2.23. The normalized spacial score (nSPS) is 10.5. The number of carbonyl (C=O) groups is 1. The first-order chi connectivity index (χ1) is 7.13. The predicted octanol–water partition coefficient (Wildman–Crippen LogP) is 0.143. The molecule has 5 nitrogen and oxygen atoms in total. The Hall–Kier alpha value is -1.88.